The monoisotopic (exact) mass is 261 g/mol. The molecule has 1 N–H and O–H groups in total. The molecule has 0 heterocycles. The zero-order chi connectivity index (χ0) is 13.1. The number of nitrogens with one attached hydrogen (secondary N) is 1. The molecule has 1 fully saturated rings. The highest BCUT2D eigenvalue weighted by atomic mass is 32.2. The highest BCUT2D eigenvalue weighted by Crippen LogP contribution is 2.30. The van der Waals surface area contributed by atoms with Crippen LogP contribution in [0.4, 0.5) is 0 Å². The maximum Gasteiger partial charge on any atom is 0.157 e. The molecule has 3 nitrogen and oxygen atoms in total. The second kappa shape index (κ2) is 6.19. The van der Waals surface area contributed by atoms with Crippen LogP contribution < -0.4 is 5.32 Å². The van der Waals surface area contributed by atoms with E-state index in [0.717, 1.165) is 25.8 Å². The predicted octanol–water partition coefficient (Wildman–Crippen LogP) is 2.37. The van der Waals surface area contributed by atoms with Gasteiger partial charge in [0, 0.05) is 6.04 Å². The Morgan fingerprint density at radius 1 is 1.29 bits per heavy atom. The summed E-state index contributed by atoms with van der Waals surface area (Å²) in [6.45, 7) is 8.82. The Hall–Kier alpha value is -0.0900. The normalized spacial score (nSPS) is 29.9. The van der Waals surface area contributed by atoms with Crippen LogP contribution in [0.3, 0.4) is 0 Å². The maximum absolute atomic E-state index is 12.5. The summed E-state index contributed by atoms with van der Waals surface area (Å²) in [6, 6.07) is 0.0437. The summed E-state index contributed by atoms with van der Waals surface area (Å²) in [7, 11) is -2.98. The summed E-state index contributed by atoms with van der Waals surface area (Å²) < 4.78 is 25.0. The molecule has 0 aromatic rings. The summed E-state index contributed by atoms with van der Waals surface area (Å²) in [5.41, 5.74) is 0. The Bertz CT molecular complexity index is 326. The molecule has 0 radical (unpaired) electrons. The van der Waals surface area contributed by atoms with E-state index in [4.69, 9.17) is 0 Å². The van der Waals surface area contributed by atoms with Crippen LogP contribution in [0.2, 0.25) is 0 Å². The zero-order valence-corrected chi connectivity index (χ0v) is 12.4. The van der Waals surface area contributed by atoms with Gasteiger partial charge in [-0.1, -0.05) is 26.7 Å². The molecule has 1 rings (SSSR count). The minimum atomic E-state index is -2.98. The Morgan fingerprint density at radius 3 is 2.47 bits per heavy atom. The third kappa shape index (κ3) is 3.68. The molecule has 0 aliphatic heterocycles. The van der Waals surface area contributed by atoms with Crippen LogP contribution >= 0.6 is 0 Å². The van der Waals surface area contributed by atoms with Gasteiger partial charge in [-0.15, -0.1) is 0 Å². The molecule has 1 saturated carbocycles. The van der Waals surface area contributed by atoms with E-state index in [1.165, 1.54) is 6.42 Å². The van der Waals surface area contributed by atoms with Gasteiger partial charge in [-0.25, -0.2) is 8.42 Å². The van der Waals surface area contributed by atoms with E-state index in [0.29, 0.717) is 5.92 Å². The van der Waals surface area contributed by atoms with Crippen molar-refractivity contribution in [3.8, 4) is 0 Å². The van der Waals surface area contributed by atoms with Gasteiger partial charge >= 0.3 is 0 Å². The topological polar surface area (TPSA) is 46.2 Å². The lowest BCUT2D eigenvalue weighted by atomic mass is 9.91. The average Bonchev–Trinajstić information content (AvgIpc) is 2.28. The standard InChI is InChI=1S/C13H27NO2S/c1-5-14-11(3)12(4)17(15,16)13-8-6-7-10(2)9-13/h10-14H,5-9H2,1-4H3. The first-order valence-electron chi connectivity index (χ1n) is 6.85. The largest absolute Gasteiger partial charge is 0.313 e. The Morgan fingerprint density at radius 2 is 1.94 bits per heavy atom. The molecule has 102 valence electrons. The molecular formula is C13H27NO2S. The predicted molar refractivity (Wildman–Crippen MR) is 72.9 cm³/mol. The van der Waals surface area contributed by atoms with Gasteiger partial charge in [0.15, 0.2) is 9.84 Å². The van der Waals surface area contributed by atoms with Gasteiger partial charge in [0.05, 0.1) is 10.5 Å². The van der Waals surface area contributed by atoms with E-state index >= 15 is 0 Å². The molecule has 0 saturated heterocycles. The second-order valence-corrected chi connectivity index (χ2v) is 8.12. The average molecular weight is 261 g/mol. The van der Waals surface area contributed by atoms with Gasteiger partial charge in [-0.3, -0.25) is 0 Å². The van der Waals surface area contributed by atoms with Crippen molar-refractivity contribution in [1.82, 2.24) is 5.32 Å². The lowest BCUT2D eigenvalue weighted by Crippen LogP contribution is -2.45. The van der Waals surface area contributed by atoms with Crippen molar-refractivity contribution < 1.29 is 8.42 Å². The molecule has 0 spiro atoms. The summed E-state index contributed by atoms with van der Waals surface area (Å²) >= 11 is 0. The summed E-state index contributed by atoms with van der Waals surface area (Å²) in [4.78, 5) is 0. The lowest BCUT2D eigenvalue weighted by Gasteiger charge is -2.31. The Kier molecular flexibility index (Phi) is 5.45. The molecule has 0 bridgehead atoms. The van der Waals surface area contributed by atoms with Crippen LogP contribution in [0.1, 0.15) is 53.4 Å². The van der Waals surface area contributed by atoms with E-state index in [9.17, 15) is 8.42 Å². The third-order valence-corrected chi connectivity index (χ3v) is 6.90. The van der Waals surface area contributed by atoms with E-state index in [2.05, 4.69) is 12.2 Å². The molecule has 4 unspecified atom stereocenters. The van der Waals surface area contributed by atoms with Crippen molar-refractivity contribution in [2.75, 3.05) is 6.54 Å². The number of rotatable bonds is 5. The fourth-order valence-corrected chi connectivity index (χ4v) is 5.12. The molecule has 1 aliphatic carbocycles. The van der Waals surface area contributed by atoms with Crippen LogP contribution in [0.25, 0.3) is 0 Å². The molecule has 0 amide bonds. The number of hydrogen-bond acceptors (Lipinski definition) is 3. The van der Waals surface area contributed by atoms with E-state index in [1.54, 1.807) is 0 Å². The van der Waals surface area contributed by atoms with Crippen LogP contribution in [0.15, 0.2) is 0 Å². The van der Waals surface area contributed by atoms with Crippen LogP contribution in [0, 0.1) is 5.92 Å². The van der Waals surface area contributed by atoms with E-state index in [-0.39, 0.29) is 16.5 Å². The molecular weight excluding hydrogens is 234 g/mol. The van der Waals surface area contributed by atoms with Crippen molar-refractivity contribution in [2.24, 2.45) is 5.92 Å². The molecule has 4 heteroatoms. The number of sulfone groups is 1. The maximum atomic E-state index is 12.5. The van der Waals surface area contributed by atoms with Gasteiger partial charge in [0.2, 0.25) is 0 Å². The molecule has 0 aromatic heterocycles. The van der Waals surface area contributed by atoms with Gasteiger partial charge in [0.1, 0.15) is 0 Å². The van der Waals surface area contributed by atoms with Gasteiger partial charge in [-0.05, 0) is 39.2 Å². The quantitative estimate of drug-likeness (QED) is 0.826. The minimum absolute atomic E-state index is 0.0437. The van der Waals surface area contributed by atoms with Crippen molar-refractivity contribution >= 4 is 9.84 Å². The Balaban J connectivity index is 2.72. The highest BCUT2D eigenvalue weighted by molar-refractivity contribution is 7.92. The fraction of sp³-hybridized carbons (Fsp3) is 1.00. The first kappa shape index (κ1) is 15.0. The van der Waals surface area contributed by atoms with E-state index < -0.39 is 9.84 Å². The van der Waals surface area contributed by atoms with Crippen molar-refractivity contribution in [1.29, 1.82) is 0 Å². The zero-order valence-electron chi connectivity index (χ0n) is 11.6. The molecule has 17 heavy (non-hydrogen) atoms. The molecule has 4 atom stereocenters. The summed E-state index contributed by atoms with van der Waals surface area (Å²) in [5, 5.41) is 2.83. The van der Waals surface area contributed by atoms with Gasteiger partial charge in [-0.2, -0.15) is 0 Å². The smallest absolute Gasteiger partial charge is 0.157 e. The lowest BCUT2D eigenvalue weighted by molar-refractivity contribution is 0.378. The first-order chi connectivity index (χ1) is 7.89. The van der Waals surface area contributed by atoms with Crippen LogP contribution in [0.5, 0.6) is 0 Å². The summed E-state index contributed by atoms with van der Waals surface area (Å²) in [5.74, 6) is 0.560. The van der Waals surface area contributed by atoms with Gasteiger partial charge in [0.25, 0.3) is 0 Å². The van der Waals surface area contributed by atoms with Crippen molar-refractivity contribution in [3.05, 3.63) is 0 Å². The second-order valence-electron chi connectivity index (χ2n) is 5.53. The Labute approximate surface area is 106 Å². The van der Waals surface area contributed by atoms with Crippen LogP contribution in [-0.2, 0) is 9.84 Å². The van der Waals surface area contributed by atoms with Crippen molar-refractivity contribution in [3.63, 3.8) is 0 Å². The highest BCUT2D eigenvalue weighted by Gasteiger charge is 2.36. The van der Waals surface area contributed by atoms with E-state index in [1.807, 2.05) is 20.8 Å². The SMILES string of the molecule is CCNC(C)C(C)S(=O)(=O)C1CCCC(C)C1. The first-order valence-corrected chi connectivity index (χ1v) is 8.46. The van der Waals surface area contributed by atoms with Crippen LogP contribution in [-0.4, -0.2) is 31.5 Å². The molecule has 0 aromatic carbocycles. The fourth-order valence-electron chi connectivity index (χ4n) is 2.75. The minimum Gasteiger partial charge on any atom is -0.313 e. The van der Waals surface area contributed by atoms with Crippen molar-refractivity contribution in [2.45, 2.75) is 69.9 Å². The number of hydrogen-bond donors (Lipinski definition) is 1. The van der Waals surface area contributed by atoms with Gasteiger partial charge < -0.3 is 5.32 Å². The molecule has 1 aliphatic rings. The third-order valence-electron chi connectivity index (χ3n) is 4.10. The summed E-state index contributed by atoms with van der Waals surface area (Å²) in [6.07, 6.45) is 3.96.